The molecule has 1 aliphatic heterocycles. The number of hydrogen-bond donors (Lipinski definition) is 0. The number of aromatic nitrogens is 1. The highest BCUT2D eigenvalue weighted by atomic mass is 16.5. The van der Waals surface area contributed by atoms with Gasteiger partial charge in [0.25, 0.3) is 0 Å². The van der Waals surface area contributed by atoms with Gasteiger partial charge in [-0.1, -0.05) is 24.3 Å². The van der Waals surface area contributed by atoms with Crippen molar-refractivity contribution in [1.29, 1.82) is 0 Å². The standard InChI is InChI=1S/C21H22N2O3/c1-21(2)14-22(11-12-26-21)19(24)13-23-17-9-5-3-7-15(17)20(25)16-8-4-6-10-18(16)23/h3-10H,11-14H2,1-2H3. The fourth-order valence-corrected chi connectivity index (χ4v) is 3.71. The van der Waals surface area contributed by atoms with Crippen LogP contribution in [-0.4, -0.2) is 40.7 Å². The largest absolute Gasteiger partial charge is 0.372 e. The van der Waals surface area contributed by atoms with Crippen molar-refractivity contribution in [2.24, 2.45) is 0 Å². The molecule has 134 valence electrons. The fraction of sp³-hybridized carbons (Fsp3) is 0.333. The van der Waals surface area contributed by atoms with Crippen molar-refractivity contribution in [1.82, 2.24) is 9.47 Å². The predicted molar refractivity (Wildman–Crippen MR) is 102 cm³/mol. The van der Waals surface area contributed by atoms with Crippen molar-refractivity contribution >= 4 is 27.7 Å². The van der Waals surface area contributed by atoms with E-state index in [2.05, 4.69) is 0 Å². The van der Waals surface area contributed by atoms with Crippen LogP contribution in [0, 0.1) is 0 Å². The number of amides is 1. The maximum Gasteiger partial charge on any atom is 0.242 e. The molecule has 5 heteroatoms. The van der Waals surface area contributed by atoms with Gasteiger partial charge in [-0.05, 0) is 38.1 Å². The van der Waals surface area contributed by atoms with E-state index >= 15 is 0 Å². The van der Waals surface area contributed by atoms with E-state index < -0.39 is 0 Å². The molecule has 0 bridgehead atoms. The van der Waals surface area contributed by atoms with Crippen molar-refractivity contribution in [3.63, 3.8) is 0 Å². The van der Waals surface area contributed by atoms with E-state index in [1.807, 2.05) is 71.8 Å². The summed E-state index contributed by atoms with van der Waals surface area (Å²) < 4.78 is 7.67. The van der Waals surface area contributed by atoms with Crippen LogP contribution in [0.15, 0.2) is 53.3 Å². The van der Waals surface area contributed by atoms with Gasteiger partial charge in [-0.25, -0.2) is 0 Å². The van der Waals surface area contributed by atoms with E-state index in [0.29, 0.717) is 30.5 Å². The van der Waals surface area contributed by atoms with Gasteiger partial charge >= 0.3 is 0 Å². The van der Waals surface area contributed by atoms with E-state index in [1.165, 1.54) is 0 Å². The van der Waals surface area contributed by atoms with Crippen molar-refractivity contribution in [2.75, 3.05) is 19.7 Å². The molecule has 0 saturated carbocycles. The fourth-order valence-electron chi connectivity index (χ4n) is 3.71. The Hall–Kier alpha value is -2.66. The van der Waals surface area contributed by atoms with E-state index in [-0.39, 0.29) is 23.5 Å². The molecular weight excluding hydrogens is 328 g/mol. The number of nitrogens with zero attached hydrogens (tertiary/aromatic N) is 2. The minimum absolute atomic E-state index is 0.00686. The summed E-state index contributed by atoms with van der Waals surface area (Å²) in [5, 5.41) is 1.28. The number of carbonyl (C=O) groups excluding carboxylic acids is 1. The first-order valence-corrected chi connectivity index (χ1v) is 8.88. The van der Waals surface area contributed by atoms with E-state index in [4.69, 9.17) is 4.74 Å². The van der Waals surface area contributed by atoms with Crippen molar-refractivity contribution < 1.29 is 9.53 Å². The van der Waals surface area contributed by atoms with Crippen LogP contribution in [0.5, 0.6) is 0 Å². The molecule has 1 aromatic heterocycles. The van der Waals surface area contributed by atoms with Gasteiger partial charge in [0.15, 0.2) is 5.43 Å². The molecule has 1 aliphatic rings. The summed E-state index contributed by atoms with van der Waals surface area (Å²) in [5.41, 5.74) is 1.25. The summed E-state index contributed by atoms with van der Waals surface area (Å²) >= 11 is 0. The molecule has 26 heavy (non-hydrogen) atoms. The smallest absolute Gasteiger partial charge is 0.242 e. The third-order valence-corrected chi connectivity index (χ3v) is 4.95. The molecule has 0 unspecified atom stereocenters. The van der Waals surface area contributed by atoms with Crippen LogP contribution in [0.25, 0.3) is 21.8 Å². The van der Waals surface area contributed by atoms with Gasteiger partial charge in [0.1, 0.15) is 6.54 Å². The number of pyridine rings is 1. The highest BCUT2D eigenvalue weighted by Crippen LogP contribution is 2.21. The van der Waals surface area contributed by atoms with Crippen molar-refractivity contribution in [3.8, 4) is 0 Å². The van der Waals surface area contributed by atoms with Crippen LogP contribution in [-0.2, 0) is 16.1 Å². The summed E-state index contributed by atoms with van der Waals surface area (Å²) in [4.78, 5) is 27.6. The van der Waals surface area contributed by atoms with Gasteiger partial charge in [-0.15, -0.1) is 0 Å². The lowest BCUT2D eigenvalue weighted by molar-refractivity contribution is -0.146. The second-order valence-electron chi connectivity index (χ2n) is 7.37. The number of hydrogen-bond acceptors (Lipinski definition) is 3. The Morgan fingerprint density at radius 2 is 1.62 bits per heavy atom. The first-order valence-electron chi connectivity index (χ1n) is 8.88. The zero-order valence-corrected chi connectivity index (χ0v) is 15.1. The minimum atomic E-state index is -0.332. The van der Waals surface area contributed by atoms with Crippen LogP contribution in [0.3, 0.4) is 0 Å². The highest BCUT2D eigenvalue weighted by molar-refractivity contribution is 5.94. The monoisotopic (exact) mass is 350 g/mol. The first-order chi connectivity index (χ1) is 12.5. The zero-order chi connectivity index (χ0) is 18.3. The SMILES string of the molecule is CC1(C)CN(C(=O)Cn2c3ccccc3c(=O)c3ccccc32)CCO1. The van der Waals surface area contributed by atoms with Crippen LogP contribution in [0.2, 0.25) is 0 Å². The highest BCUT2D eigenvalue weighted by Gasteiger charge is 2.30. The summed E-state index contributed by atoms with van der Waals surface area (Å²) in [7, 11) is 0. The number of carbonyl (C=O) groups is 1. The van der Waals surface area contributed by atoms with Crippen LogP contribution in [0.1, 0.15) is 13.8 Å². The predicted octanol–water partition coefficient (Wildman–Crippen LogP) is 2.79. The summed E-state index contributed by atoms with van der Waals surface area (Å²) in [5.74, 6) is 0.0420. The van der Waals surface area contributed by atoms with E-state index in [9.17, 15) is 9.59 Å². The number of para-hydroxylation sites is 2. The molecule has 4 rings (SSSR count). The quantitative estimate of drug-likeness (QED) is 0.668. The van der Waals surface area contributed by atoms with Crippen LogP contribution < -0.4 is 5.43 Å². The number of morpholine rings is 1. The normalized spacial score (nSPS) is 16.9. The molecule has 1 saturated heterocycles. The summed E-state index contributed by atoms with van der Waals surface area (Å²) in [6, 6.07) is 15.0. The Morgan fingerprint density at radius 3 is 2.19 bits per heavy atom. The molecule has 1 fully saturated rings. The van der Waals surface area contributed by atoms with Gasteiger partial charge in [-0.2, -0.15) is 0 Å². The molecule has 3 aromatic rings. The maximum absolute atomic E-state index is 13.0. The third kappa shape index (κ3) is 2.88. The maximum atomic E-state index is 13.0. The molecular formula is C21H22N2O3. The molecule has 0 radical (unpaired) electrons. The molecule has 5 nitrogen and oxygen atoms in total. The average Bonchev–Trinajstić information content (AvgIpc) is 2.64. The Balaban J connectivity index is 1.81. The minimum Gasteiger partial charge on any atom is -0.372 e. The van der Waals surface area contributed by atoms with Gasteiger partial charge in [0.05, 0.1) is 23.2 Å². The lowest BCUT2D eigenvalue weighted by Crippen LogP contribution is -2.51. The van der Waals surface area contributed by atoms with Crippen molar-refractivity contribution in [2.45, 2.75) is 26.0 Å². The molecule has 0 aliphatic carbocycles. The Kier molecular flexibility index (Phi) is 4.04. The van der Waals surface area contributed by atoms with E-state index in [0.717, 1.165) is 11.0 Å². The zero-order valence-electron chi connectivity index (χ0n) is 15.1. The van der Waals surface area contributed by atoms with Gasteiger partial charge in [0, 0.05) is 23.9 Å². The second-order valence-corrected chi connectivity index (χ2v) is 7.37. The molecule has 0 atom stereocenters. The number of fused-ring (bicyclic) bond motifs is 2. The molecule has 0 spiro atoms. The van der Waals surface area contributed by atoms with Gasteiger partial charge in [0.2, 0.25) is 5.91 Å². The van der Waals surface area contributed by atoms with Crippen LogP contribution in [0.4, 0.5) is 0 Å². The summed E-state index contributed by atoms with van der Waals surface area (Å²) in [6.07, 6.45) is 0. The Morgan fingerprint density at radius 1 is 1.04 bits per heavy atom. The molecule has 2 aromatic carbocycles. The third-order valence-electron chi connectivity index (χ3n) is 4.95. The van der Waals surface area contributed by atoms with E-state index in [1.54, 1.807) is 0 Å². The molecule has 1 amide bonds. The number of benzene rings is 2. The second kappa shape index (κ2) is 6.25. The molecule has 0 N–H and O–H groups in total. The Bertz CT molecular complexity index is 992. The summed E-state index contributed by atoms with van der Waals surface area (Å²) in [6.45, 7) is 5.91. The Labute approximate surface area is 151 Å². The lowest BCUT2D eigenvalue weighted by atomic mass is 10.1. The van der Waals surface area contributed by atoms with Gasteiger partial charge in [-0.3, -0.25) is 9.59 Å². The number of rotatable bonds is 2. The van der Waals surface area contributed by atoms with Gasteiger partial charge < -0.3 is 14.2 Å². The average molecular weight is 350 g/mol. The topological polar surface area (TPSA) is 51.5 Å². The lowest BCUT2D eigenvalue weighted by Gasteiger charge is -2.38. The van der Waals surface area contributed by atoms with Crippen molar-refractivity contribution in [3.05, 3.63) is 58.8 Å². The first kappa shape index (κ1) is 16.8. The molecule has 2 heterocycles. The number of ether oxygens (including phenoxy) is 1. The van der Waals surface area contributed by atoms with Crippen LogP contribution >= 0.6 is 0 Å².